The lowest BCUT2D eigenvalue weighted by atomic mass is 10.0. The largest absolute Gasteiger partial charge is 0.507 e. The minimum atomic E-state index is -0.292. The predicted molar refractivity (Wildman–Crippen MR) is 79.8 cm³/mol. The van der Waals surface area contributed by atoms with Gasteiger partial charge >= 0.3 is 0 Å². The number of rotatable bonds is 6. The summed E-state index contributed by atoms with van der Waals surface area (Å²) in [5, 5.41) is 15.6. The highest BCUT2D eigenvalue weighted by atomic mass is 16.7. The van der Waals surface area contributed by atoms with Crippen molar-refractivity contribution >= 4 is 10.8 Å². The molecule has 0 saturated heterocycles. The van der Waals surface area contributed by atoms with Gasteiger partial charge in [0.2, 0.25) is 0 Å². The fourth-order valence-electron chi connectivity index (χ4n) is 2.27. The maximum absolute atomic E-state index is 10.4. The quantitative estimate of drug-likeness (QED) is 0.796. The first kappa shape index (κ1) is 14.8. The summed E-state index contributed by atoms with van der Waals surface area (Å²) in [7, 11) is 3.21. The fourth-order valence-corrected chi connectivity index (χ4v) is 2.27. The molecule has 1 unspecified atom stereocenters. The van der Waals surface area contributed by atoms with E-state index in [1.54, 1.807) is 14.2 Å². The molecule has 0 fully saturated rings. The van der Waals surface area contributed by atoms with Crippen LogP contribution in [-0.4, -0.2) is 32.2 Å². The van der Waals surface area contributed by atoms with E-state index >= 15 is 0 Å². The van der Waals surface area contributed by atoms with Crippen LogP contribution in [0.2, 0.25) is 0 Å². The highest BCUT2D eigenvalue weighted by Crippen LogP contribution is 2.32. The van der Waals surface area contributed by atoms with Gasteiger partial charge in [0.25, 0.3) is 0 Å². The molecular weight excluding hydrogens is 254 g/mol. The summed E-state index contributed by atoms with van der Waals surface area (Å²) >= 11 is 0. The molecule has 2 aromatic carbocycles. The number of hydrogen-bond acceptors (Lipinski definition) is 4. The van der Waals surface area contributed by atoms with Gasteiger partial charge in [-0.2, -0.15) is 0 Å². The molecule has 0 aliphatic carbocycles. The van der Waals surface area contributed by atoms with Gasteiger partial charge in [0, 0.05) is 37.8 Å². The number of hydrogen-bond donors (Lipinski definition) is 2. The number of ether oxygens (including phenoxy) is 2. The van der Waals surface area contributed by atoms with Crippen molar-refractivity contribution in [1.29, 1.82) is 0 Å². The van der Waals surface area contributed by atoms with Crippen LogP contribution in [0.25, 0.3) is 10.8 Å². The molecule has 0 aromatic heterocycles. The zero-order chi connectivity index (χ0) is 14.5. The molecule has 0 aliphatic rings. The van der Waals surface area contributed by atoms with Crippen molar-refractivity contribution in [2.75, 3.05) is 20.8 Å². The number of methoxy groups -OCH3 is 2. The Morgan fingerprint density at radius 2 is 1.80 bits per heavy atom. The van der Waals surface area contributed by atoms with Gasteiger partial charge in [-0.3, -0.25) is 0 Å². The average molecular weight is 275 g/mol. The summed E-state index contributed by atoms with van der Waals surface area (Å²) in [4.78, 5) is 0. The maximum Gasteiger partial charge on any atom is 0.169 e. The number of phenolic OH excluding ortho intramolecular Hbond substituents is 1. The Morgan fingerprint density at radius 1 is 1.10 bits per heavy atom. The standard InChI is InChI=1S/C16H21NO3/c1-11(17-10-15(19-2)20-3)13-9-8-12-6-4-5-7-14(12)16(13)18/h4-9,11,15,17-18H,10H2,1-3H3. The van der Waals surface area contributed by atoms with Crippen molar-refractivity contribution in [2.24, 2.45) is 0 Å². The Kier molecular flexibility index (Phi) is 4.95. The van der Waals surface area contributed by atoms with Gasteiger partial charge in [-0.1, -0.05) is 36.4 Å². The van der Waals surface area contributed by atoms with E-state index in [0.29, 0.717) is 12.3 Å². The van der Waals surface area contributed by atoms with E-state index in [2.05, 4.69) is 5.32 Å². The second-order valence-electron chi connectivity index (χ2n) is 4.76. The summed E-state index contributed by atoms with van der Waals surface area (Å²) in [5.41, 5.74) is 0.870. The van der Waals surface area contributed by atoms with Crippen molar-refractivity contribution in [1.82, 2.24) is 5.32 Å². The molecule has 1 atom stereocenters. The predicted octanol–water partition coefficient (Wildman–Crippen LogP) is 2.81. The molecule has 0 bridgehead atoms. The molecule has 0 spiro atoms. The summed E-state index contributed by atoms with van der Waals surface area (Å²) in [6.45, 7) is 2.56. The molecule has 0 radical (unpaired) electrons. The van der Waals surface area contributed by atoms with E-state index in [0.717, 1.165) is 16.3 Å². The Labute approximate surface area is 119 Å². The molecule has 20 heavy (non-hydrogen) atoms. The number of benzene rings is 2. The SMILES string of the molecule is COC(CNC(C)c1ccc2ccccc2c1O)OC. The summed E-state index contributed by atoms with van der Waals surface area (Å²) in [6.07, 6.45) is -0.292. The van der Waals surface area contributed by atoms with Gasteiger partial charge < -0.3 is 19.9 Å². The second kappa shape index (κ2) is 6.70. The minimum Gasteiger partial charge on any atom is -0.507 e. The van der Waals surface area contributed by atoms with Crippen LogP contribution in [0.4, 0.5) is 0 Å². The smallest absolute Gasteiger partial charge is 0.169 e. The molecule has 108 valence electrons. The molecule has 2 rings (SSSR count). The van der Waals surface area contributed by atoms with Gasteiger partial charge in [-0.25, -0.2) is 0 Å². The number of aromatic hydroxyl groups is 1. The molecule has 0 aliphatic heterocycles. The van der Waals surface area contributed by atoms with Crippen LogP contribution < -0.4 is 5.32 Å². The van der Waals surface area contributed by atoms with Gasteiger partial charge in [0.1, 0.15) is 5.75 Å². The Morgan fingerprint density at radius 3 is 2.50 bits per heavy atom. The number of nitrogens with one attached hydrogen (secondary N) is 1. The maximum atomic E-state index is 10.4. The molecule has 4 nitrogen and oxygen atoms in total. The van der Waals surface area contributed by atoms with Crippen molar-refractivity contribution in [3.63, 3.8) is 0 Å². The summed E-state index contributed by atoms with van der Waals surface area (Å²) < 4.78 is 10.3. The Balaban J connectivity index is 2.18. The minimum absolute atomic E-state index is 0.00686. The van der Waals surface area contributed by atoms with Crippen LogP contribution in [0, 0.1) is 0 Å². The fraction of sp³-hybridized carbons (Fsp3) is 0.375. The van der Waals surface area contributed by atoms with Crippen molar-refractivity contribution < 1.29 is 14.6 Å². The molecular formula is C16H21NO3. The zero-order valence-electron chi connectivity index (χ0n) is 12.1. The van der Waals surface area contributed by atoms with Crippen molar-refractivity contribution in [3.8, 4) is 5.75 Å². The van der Waals surface area contributed by atoms with Crippen LogP contribution >= 0.6 is 0 Å². The van der Waals surface area contributed by atoms with Crippen molar-refractivity contribution in [3.05, 3.63) is 42.0 Å². The van der Waals surface area contributed by atoms with Crippen LogP contribution in [-0.2, 0) is 9.47 Å². The first-order valence-electron chi connectivity index (χ1n) is 6.67. The molecule has 2 aromatic rings. The van der Waals surface area contributed by atoms with Gasteiger partial charge in [-0.15, -0.1) is 0 Å². The van der Waals surface area contributed by atoms with E-state index in [1.165, 1.54) is 0 Å². The molecule has 0 heterocycles. The number of fused-ring (bicyclic) bond motifs is 1. The topological polar surface area (TPSA) is 50.7 Å². The lowest BCUT2D eigenvalue weighted by Crippen LogP contribution is -2.31. The summed E-state index contributed by atoms with van der Waals surface area (Å²) in [5.74, 6) is 0.328. The van der Waals surface area contributed by atoms with Crippen molar-refractivity contribution in [2.45, 2.75) is 19.3 Å². The van der Waals surface area contributed by atoms with E-state index in [1.807, 2.05) is 43.3 Å². The highest BCUT2D eigenvalue weighted by molar-refractivity contribution is 5.89. The highest BCUT2D eigenvalue weighted by Gasteiger charge is 2.14. The number of phenols is 1. The average Bonchev–Trinajstić information content (AvgIpc) is 2.48. The van der Waals surface area contributed by atoms with E-state index in [4.69, 9.17) is 9.47 Å². The van der Waals surface area contributed by atoms with E-state index < -0.39 is 0 Å². The first-order chi connectivity index (χ1) is 9.67. The van der Waals surface area contributed by atoms with Crippen LogP contribution in [0.5, 0.6) is 5.75 Å². The van der Waals surface area contributed by atoms with Crippen LogP contribution in [0.3, 0.4) is 0 Å². The molecule has 0 amide bonds. The molecule has 4 heteroatoms. The van der Waals surface area contributed by atoms with Gasteiger partial charge in [-0.05, 0) is 12.3 Å². The van der Waals surface area contributed by atoms with E-state index in [9.17, 15) is 5.11 Å². The van der Waals surface area contributed by atoms with Crippen LogP contribution in [0.1, 0.15) is 18.5 Å². The van der Waals surface area contributed by atoms with Gasteiger partial charge in [0.15, 0.2) is 6.29 Å². The third kappa shape index (κ3) is 3.10. The third-order valence-electron chi connectivity index (χ3n) is 3.51. The zero-order valence-corrected chi connectivity index (χ0v) is 12.1. The Hall–Kier alpha value is -1.62. The second-order valence-corrected chi connectivity index (χ2v) is 4.76. The van der Waals surface area contributed by atoms with E-state index in [-0.39, 0.29) is 12.3 Å². The Bertz CT molecular complexity index is 567. The van der Waals surface area contributed by atoms with Crippen LogP contribution in [0.15, 0.2) is 36.4 Å². The first-order valence-corrected chi connectivity index (χ1v) is 6.67. The summed E-state index contributed by atoms with van der Waals surface area (Å²) in [6, 6.07) is 11.8. The van der Waals surface area contributed by atoms with Gasteiger partial charge in [0.05, 0.1) is 0 Å². The lowest BCUT2D eigenvalue weighted by Gasteiger charge is -2.20. The lowest BCUT2D eigenvalue weighted by molar-refractivity contribution is -0.0997. The monoisotopic (exact) mass is 275 g/mol. The molecule has 0 saturated carbocycles. The molecule has 2 N–H and O–H groups in total. The normalized spacial score (nSPS) is 13.0. The third-order valence-corrected chi connectivity index (χ3v) is 3.51.